The summed E-state index contributed by atoms with van der Waals surface area (Å²) in [5.74, 6) is -1.15. The minimum atomic E-state index is -0.398. The molecule has 2 rings (SSSR count). The van der Waals surface area contributed by atoms with E-state index in [9.17, 15) is 9.59 Å². The SMILES string of the molecule is CC[C@H](C(=O)OCC(=O)Nc1ccc(Cl)cc1)c1ccccc1. The Labute approximate surface area is 140 Å². The molecule has 0 heterocycles. The number of carbonyl (C=O) groups is 2. The molecule has 1 amide bonds. The van der Waals surface area contributed by atoms with Crippen LogP contribution >= 0.6 is 11.6 Å². The van der Waals surface area contributed by atoms with Crippen LogP contribution in [0.5, 0.6) is 0 Å². The van der Waals surface area contributed by atoms with Crippen molar-refractivity contribution in [3.63, 3.8) is 0 Å². The second-order valence-corrected chi connectivity index (χ2v) is 5.47. The quantitative estimate of drug-likeness (QED) is 0.813. The molecule has 0 saturated heterocycles. The lowest BCUT2D eigenvalue weighted by molar-refractivity contribution is -0.149. The number of ether oxygens (including phenoxy) is 1. The van der Waals surface area contributed by atoms with Gasteiger partial charge in [0.05, 0.1) is 5.92 Å². The largest absolute Gasteiger partial charge is 0.455 e. The summed E-state index contributed by atoms with van der Waals surface area (Å²) in [5.41, 5.74) is 1.49. The van der Waals surface area contributed by atoms with Crippen LogP contribution in [0.15, 0.2) is 54.6 Å². The van der Waals surface area contributed by atoms with Crippen LogP contribution in [0.25, 0.3) is 0 Å². The Hall–Kier alpha value is -2.33. The predicted octanol–water partition coefficient (Wildman–Crippen LogP) is 4.02. The molecule has 0 saturated carbocycles. The Bertz CT molecular complexity index is 656. The zero-order valence-electron chi connectivity index (χ0n) is 12.8. The molecule has 1 atom stereocenters. The summed E-state index contributed by atoms with van der Waals surface area (Å²) in [7, 11) is 0. The molecule has 5 heteroatoms. The predicted molar refractivity (Wildman–Crippen MR) is 90.5 cm³/mol. The summed E-state index contributed by atoms with van der Waals surface area (Å²) < 4.78 is 5.13. The molecule has 1 N–H and O–H groups in total. The third kappa shape index (κ3) is 5.11. The highest BCUT2D eigenvalue weighted by Gasteiger charge is 2.20. The number of carbonyl (C=O) groups excluding carboxylic acids is 2. The van der Waals surface area contributed by atoms with Crippen LogP contribution in [0.4, 0.5) is 5.69 Å². The van der Waals surface area contributed by atoms with Crippen LogP contribution in [0.2, 0.25) is 5.02 Å². The molecule has 0 radical (unpaired) electrons. The van der Waals surface area contributed by atoms with Gasteiger partial charge in [-0.25, -0.2) is 0 Å². The van der Waals surface area contributed by atoms with E-state index < -0.39 is 5.97 Å². The van der Waals surface area contributed by atoms with Gasteiger partial charge >= 0.3 is 5.97 Å². The molecule has 0 aliphatic rings. The summed E-state index contributed by atoms with van der Waals surface area (Å²) >= 11 is 5.78. The van der Waals surface area contributed by atoms with Gasteiger partial charge in [-0.2, -0.15) is 0 Å². The number of hydrogen-bond acceptors (Lipinski definition) is 3. The second-order valence-electron chi connectivity index (χ2n) is 5.03. The Balaban J connectivity index is 1.87. The summed E-state index contributed by atoms with van der Waals surface area (Å²) in [6.07, 6.45) is 0.613. The Morgan fingerprint density at radius 2 is 1.74 bits per heavy atom. The Morgan fingerprint density at radius 1 is 1.09 bits per heavy atom. The molecule has 0 aliphatic heterocycles. The van der Waals surface area contributed by atoms with Crippen LogP contribution < -0.4 is 5.32 Å². The monoisotopic (exact) mass is 331 g/mol. The Morgan fingerprint density at radius 3 is 2.35 bits per heavy atom. The summed E-state index contributed by atoms with van der Waals surface area (Å²) in [6.45, 7) is 1.59. The van der Waals surface area contributed by atoms with Gasteiger partial charge in [-0.15, -0.1) is 0 Å². The van der Waals surface area contributed by atoms with Crippen LogP contribution in [0, 0.1) is 0 Å². The fourth-order valence-corrected chi connectivity index (χ4v) is 2.32. The van der Waals surface area contributed by atoms with E-state index in [0.29, 0.717) is 17.1 Å². The van der Waals surface area contributed by atoms with E-state index in [0.717, 1.165) is 5.56 Å². The van der Waals surface area contributed by atoms with E-state index in [-0.39, 0.29) is 18.4 Å². The number of hydrogen-bond donors (Lipinski definition) is 1. The molecule has 23 heavy (non-hydrogen) atoms. The molecule has 4 nitrogen and oxygen atoms in total. The fourth-order valence-electron chi connectivity index (χ4n) is 2.19. The number of anilines is 1. The van der Waals surface area contributed by atoms with Gasteiger partial charge in [0.2, 0.25) is 0 Å². The van der Waals surface area contributed by atoms with Crippen molar-refractivity contribution in [1.29, 1.82) is 0 Å². The molecule has 0 aliphatic carbocycles. The lowest BCUT2D eigenvalue weighted by Crippen LogP contribution is -2.23. The lowest BCUT2D eigenvalue weighted by atomic mass is 9.97. The maximum absolute atomic E-state index is 12.2. The first kappa shape index (κ1) is 17.0. The molecular formula is C18H18ClNO3. The maximum Gasteiger partial charge on any atom is 0.313 e. The van der Waals surface area contributed by atoms with Crippen LogP contribution in [0.1, 0.15) is 24.8 Å². The average Bonchev–Trinajstić information content (AvgIpc) is 2.57. The highest BCUT2D eigenvalue weighted by Crippen LogP contribution is 2.20. The topological polar surface area (TPSA) is 55.4 Å². The lowest BCUT2D eigenvalue weighted by Gasteiger charge is -2.14. The van der Waals surface area contributed by atoms with E-state index >= 15 is 0 Å². The van der Waals surface area contributed by atoms with Gasteiger partial charge in [0.15, 0.2) is 6.61 Å². The summed E-state index contributed by atoms with van der Waals surface area (Å²) in [4.78, 5) is 24.0. The van der Waals surface area contributed by atoms with Crippen molar-refractivity contribution in [2.75, 3.05) is 11.9 Å². The van der Waals surface area contributed by atoms with Gasteiger partial charge in [0.25, 0.3) is 5.91 Å². The zero-order valence-corrected chi connectivity index (χ0v) is 13.5. The Kier molecular flexibility index (Phi) is 6.18. The third-order valence-electron chi connectivity index (χ3n) is 3.37. The second kappa shape index (κ2) is 8.34. The van der Waals surface area contributed by atoms with Gasteiger partial charge in [-0.05, 0) is 36.2 Å². The minimum Gasteiger partial charge on any atom is -0.455 e. The molecule has 120 valence electrons. The third-order valence-corrected chi connectivity index (χ3v) is 3.62. The highest BCUT2D eigenvalue weighted by molar-refractivity contribution is 6.30. The van der Waals surface area contributed by atoms with E-state index in [4.69, 9.17) is 16.3 Å². The number of amides is 1. The van der Waals surface area contributed by atoms with Crippen LogP contribution in [-0.4, -0.2) is 18.5 Å². The van der Waals surface area contributed by atoms with Crippen molar-refractivity contribution < 1.29 is 14.3 Å². The summed E-state index contributed by atoms with van der Waals surface area (Å²) in [6, 6.07) is 16.1. The molecule has 0 fully saturated rings. The van der Waals surface area contributed by atoms with E-state index in [1.54, 1.807) is 24.3 Å². The number of nitrogens with one attached hydrogen (secondary N) is 1. The molecule has 2 aromatic carbocycles. The zero-order chi connectivity index (χ0) is 16.7. The van der Waals surface area contributed by atoms with Gasteiger partial charge in [-0.3, -0.25) is 9.59 Å². The van der Waals surface area contributed by atoms with Gasteiger partial charge in [0, 0.05) is 10.7 Å². The molecule has 2 aromatic rings. The number of esters is 1. The minimum absolute atomic E-state index is 0.315. The van der Waals surface area contributed by atoms with E-state index in [1.165, 1.54) is 0 Å². The fraction of sp³-hybridized carbons (Fsp3) is 0.222. The van der Waals surface area contributed by atoms with Crippen molar-refractivity contribution in [1.82, 2.24) is 0 Å². The standard InChI is InChI=1S/C18H18ClNO3/c1-2-16(13-6-4-3-5-7-13)18(22)23-12-17(21)20-15-10-8-14(19)9-11-15/h3-11,16H,2,12H2,1H3,(H,20,21)/t16-/m0/s1. The smallest absolute Gasteiger partial charge is 0.313 e. The van der Waals surface area contributed by atoms with Crippen molar-refractivity contribution in [3.8, 4) is 0 Å². The van der Waals surface area contributed by atoms with E-state index in [2.05, 4.69) is 5.32 Å². The first-order valence-corrected chi connectivity index (χ1v) is 7.75. The number of rotatable bonds is 6. The van der Waals surface area contributed by atoms with Gasteiger partial charge in [0.1, 0.15) is 0 Å². The first-order valence-electron chi connectivity index (χ1n) is 7.37. The van der Waals surface area contributed by atoms with Crippen molar-refractivity contribution >= 4 is 29.2 Å². The van der Waals surface area contributed by atoms with Crippen molar-refractivity contribution in [2.45, 2.75) is 19.3 Å². The molecule has 0 unspecified atom stereocenters. The summed E-state index contributed by atoms with van der Waals surface area (Å²) in [5, 5.41) is 3.23. The van der Waals surface area contributed by atoms with Gasteiger partial charge < -0.3 is 10.1 Å². The molecule has 0 aromatic heterocycles. The van der Waals surface area contributed by atoms with Crippen molar-refractivity contribution in [2.24, 2.45) is 0 Å². The number of benzene rings is 2. The van der Waals surface area contributed by atoms with E-state index in [1.807, 2.05) is 37.3 Å². The van der Waals surface area contributed by atoms with Gasteiger partial charge in [-0.1, -0.05) is 48.9 Å². The van der Waals surface area contributed by atoms with Crippen LogP contribution in [0.3, 0.4) is 0 Å². The molecule has 0 bridgehead atoms. The van der Waals surface area contributed by atoms with Crippen molar-refractivity contribution in [3.05, 3.63) is 65.2 Å². The maximum atomic E-state index is 12.2. The van der Waals surface area contributed by atoms with Crippen LogP contribution in [-0.2, 0) is 14.3 Å². The highest BCUT2D eigenvalue weighted by atomic mass is 35.5. The average molecular weight is 332 g/mol. The number of halogens is 1. The normalized spacial score (nSPS) is 11.6. The molecular weight excluding hydrogens is 314 g/mol. The first-order chi connectivity index (χ1) is 11.1. The molecule has 0 spiro atoms.